The van der Waals surface area contributed by atoms with E-state index < -0.39 is 5.97 Å². The lowest BCUT2D eigenvalue weighted by Gasteiger charge is -2.16. The zero-order valence-corrected chi connectivity index (χ0v) is 16.8. The summed E-state index contributed by atoms with van der Waals surface area (Å²) in [5.41, 5.74) is 2.57. The van der Waals surface area contributed by atoms with Gasteiger partial charge in [0.15, 0.2) is 4.88 Å². The van der Waals surface area contributed by atoms with Crippen LogP contribution in [0.1, 0.15) is 28.3 Å². The van der Waals surface area contributed by atoms with Gasteiger partial charge in [0.25, 0.3) is 0 Å². The van der Waals surface area contributed by atoms with Crippen molar-refractivity contribution in [2.45, 2.75) is 13.0 Å². The highest BCUT2D eigenvalue weighted by molar-refractivity contribution is 7.17. The van der Waals surface area contributed by atoms with Crippen molar-refractivity contribution in [3.63, 3.8) is 0 Å². The molecule has 0 aliphatic rings. The Morgan fingerprint density at radius 2 is 2.07 bits per heavy atom. The standard InChI is InChI=1S/C21H17ClN2O3S/c1-12(15-5-3-4-6-16(15)22)27-17-10-18(28-19(17)21(25)26-2)14-9-13-7-8-23-20(13)24-11-14/h3-12H,1-2H3,(H,23,24). The largest absolute Gasteiger partial charge is 0.484 e. The number of H-pyrrole nitrogens is 1. The first-order chi connectivity index (χ1) is 13.6. The minimum absolute atomic E-state index is 0.329. The Bertz CT molecular complexity index is 1150. The van der Waals surface area contributed by atoms with Gasteiger partial charge >= 0.3 is 5.97 Å². The number of thiophene rings is 1. The summed E-state index contributed by atoms with van der Waals surface area (Å²) in [7, 11) is 1.36. The number of fused-ring (bicyclic) bond motifs is 1. The topological polar surface area (TPSA) is 64.2 Å². The molecule has 28 heavy (non-hydrogen) atoms. The van der Waals surface area contributed by atoms with Gasteiger partial charge in [-0.25, -0.2) is 9.78 Å². The van der Waals surface area contributed by atoms with E-state index in [0.29, 0.717) is 15.6 Å². The van der Waals surface area contributed by atoms with Crippen LogP contribution in [0.4, 0.5) is 0 Å². The Morgan fingerprint density at radius 3 is 2.86 bits per heavy atom. The molecule has 0 saturated heterocycles. The molecular formula is C21H17ClN2O3S. The molecule has 1 N–H and O–H groups in total. The first kappa shape index (κ1) is 18.5. The third kappa shape index (κ3) is 3.48. The van der Waals surface area contributed by atoms with Crippen LogP contribution >= 0.6 is 22.9 Å². The number of benzene rings is 1. The van der Waals surface area contributed by atoms with Gasteiger partial charge in [0.05, 0.1) is 7.11 Å². The van der Waals surface area contributed by atoms with Crippen molar-refractivity contribution in [2.75, 3.05) is 7.11 Å². The number of nitrogens with one attached hydrogen (secondary N) is 1. The molecule has 3 aromatic heterocycles. The second-order valence-corrected chi connectivity index (χ2v) is 7.68. The van der Waals surface area contributed by atoms with Crippen LogP contribution in [0.25, 0.3) is 21.5 Å². The summed E-state index contributed by atoms with van der Waals surface area (Å²) in [5, 5.41) is 1.62. The van der Waals surface area contributed by atoms with Crippen LogP contribution in [-0.4, -0.2) is 23.0 Å². The number of aromatic nitrogens is 2. The highest BCUT2D eigenvalue weighted by Crippen LogP contribution is 2.39. The number of carbonyl (C=O) groups excluding carboxylic acids is 1. The van der Waals surface area contributed by atoms with E-state index in [-0.39, 0.29) is 6.10 Å². The SMILES string of the molecule is COC(=O)c1sc(-c2cnc3[nH]ccc3c2)cc1OC(C)c1ccccc1Cl. The lowest BCUT2D eigenvalue weighted by molar-refractivity contribution is 0.0600. The summed E-state index contributed by atoms with van der Waals surface area (Å²) >= 11 is 7.60. The Hall–Kier alpha value is -2.83. The van der Waals surface area contributed by atoms with Gasteiger partial charge < -0.3 is 14.5 Å². The molecule has 0 aliphatic carbocycles. The normalized spacial score (nSPS) is 12.1. The molecule has 0 saturated carbocycles. The fraction of sp³-hybridized carbons (Fsp3) is 0.143. The van der Waals surface area contributed by atoms with Gasteiger partial charge in [-0.05, 0) is 31.2 Å². The van der Waals surface area contributed by atoms with Crippen LogP contribution in [0.3, 0.4) is 0 Å². The van der Waals surface area contributed by atoms with Crippen LogP contribution in [0.2, 0.25) is 5.02 Å². The van der Waals surface area contributed by atoms with Crippen molar-refractivity contribution < 1.29 is 14.3 Å². The van der Waals surface area contributed by atoms with Crippen molar-refractivity contribution in [3.8, 4) is 16.2 Å². The van der Waals surface area contributed by atoms with Crippen molar-refractivity contribution in [1.29, 1.82) is 0 Å². The Kier molecular flexibility index (Phi) is 5.07. The Morgan fingerprint density at radius 1 is 1.25 bits per heavy atom. The molecule has 1 aromatic carbocycles. The van der Waals surface area contributed by atoms with Crippen molar-refractivity contribution in [3.05, 3.63) is 70.3 Å². The molecule has 4 rings (SSSR count). The second-order valence-electron chi connectivity index (χ2n) is 6.22. The minimum Gasteiger partial charge on any atom is -0.484 e. The van der Waals surface area contributed by atoms with E-state index in [0.717, 1.165) is 27.0 Å². The number of carbonyl (C=O) groups is 1. The summed E-state index contributed by atoms with van der Waals surface area (Å²) in [6, 6.07) is 13.3. The zero-order valence-electron chi connectivity index (χ0n) is 15.2. The molecule has 0 amide bonds. The molecule has 142 valence electrons. The number of pyridine rings is 1. The number of hydrogen-bond acceptors (Lipinski definition) is 5. The van der Waals surface area contributed by atoms with Crippen LogP contribution in [0.5, 0.6) is 5.75 Å². The maximum absolute atomic E-state index is 12.3. The van der Waals surface area contributed by atoms with E-state index in [1.807, 2.05) is 55.6 Å². The smallest absolute Gasteiger partial charge is 0.351 e. The molecule has 0 spiro atoms. The third-order valence-electron chi connectivity index (χ3n) is 4.40. The van der Waals surface area contributed by atoms with E-state index in [1.165, 1.54) is 18.4 Å². The molecule has 0 radical (unpaired) electrons. The fourth-order valence-corrected chi connectivity index (χ4v) is 4.25. The number of ether oxygens (including phenoxy) is 2. The first-order valence-corrected chi connectivity index (χ1v) is 9.83. The number of aromatic amines is 1. The summed E-state index contributed by atoms with van der Waals surface area (Å²) in [6.07, 6.45) is 3.28. The van der Waals surface area contributed by atoms with E-state index >= 15 is 0 Å². The second kappa shape index (κ2) is 7.66. The number of esters is 1. The summed E-state index contributed by atoms with van der Waals surface area (Å²) in [4.78, 5) is 21.1. The average molecular weight is 413 g/mol. The number of methoxy groups -OCH3 is 1. The van der Waals surface area contributed by atoms with E-state index in [9.17, 15) is 4.79 Å². The highest BCUT2D eigenvalue weighted by atomic mass is 35.5. The van der Waals surface area contributed by atoms with Gasteiger partial charge in [-0.1, -0.05) is 29.8 Å². The summed E-state index contributed by atoms with van der Waals surface area (Å²) < 4.78 is 11.0. The molecule has 4 aromatic rings. The van der Waals surface area contributed by atoms with Crippen molar-refractivity contribution in [1.82, 2.24) is 9.97 Å². The quantitative estimate of drug-likeness (QED) is 0.416. The van der Waals surface area contributed by atoms with Gasteiger partial charge in [-0.2, -0.15) is 0 Å². The van der Waals surface area contributed by atoms with Crippen LogP contribution in [0, 0.1) is 0 Å². The van der Waals surface area contributed by atoms with Gasteiger partial charge in [0.2, 0.25) is 0 Å². The summed E-state index contributed by atoms with van der Waals surface area (Å²) in [5.74, 6) is 0.0294. The Balaban J connectivity index is 1.71. The molecule has 7 heteroatoms. The molecule has 3 heterocycles. The van der Waals surface area contributed by atoms with Crippen LogP contribution < -0.4 is 4.74 Å². The highest BCUT2D eigenvalue weighted by Gasteiger charge is 2.22. The van der Waals surface area contributed by atoms with Gasteiger partial charge in [-0.15, -0.1) is 11.3 Å². The lowest BCUT2D eigenvalue weighted by atomic mass is 10.1. The molecule has 1 atom stereocenters. The fourth-order valence-electron chi connectivity index (χ4n) is 2.97. The van der Waals surface area contributed by atoms with Gasteiger partial charge in [0, 0.05) is 38.8 Å². The van der Waals surface area contributed by atoms with Crippen molar-refractivity contribution in [2.24, 2.45) is 0 Å². The van der Waals surface area contributed by atoms with Crippen molar-refractivity contribution >= 4 is 39.9 Å². The molecular weight excluding hydrogens is 396 g/mol. The molecule has 0 aliphatic heterocycles. The maximum atomic E-state index is 12.3. The molecule has 1 unspecified atom stereocenters. The zero-order chi connectivity index (χ0) is 19.7. The third-order valence-corrected chi connectivity index (χ3v) is 5.89. The van der Waals surface area contributed by atoms with E-state index in [1.54, 1.807) is 6.20 Å². The van der Waals surface area contributed by atoms with E-state index in [4.69, 9.17) is 21.1 Å². The number of nitrogens with zero attached hydrogens (tertiary/aromatic N) is 1. The van der Waals surface area contributed by atoms with Gasteiger partial charge in [0.1, 0.15) is 17.5 Å². The minimum atomic E-state index is -0.437. The lowest BCUT2D eigenvalue weighted by Crippen LogP contribution is -2.07. The van der Waals surface area contributed by atoms with Crippen LogP contribution in [-0.2, 0) is 4.74 Å². The number of hydrogen-bond donors (Lipinski definition) is 1. The van der Waals surface area contributed by atoms with Gasteiger partial charge in [-0.3, -0.25) is 0 Å². The predicted octanol–water partition coefficient (Wildman–Crippen LogP) is 5.87. The predicted molar refractivity (Wildman–Crippen MR) is 111 cm³/mol. The summed E-state index contributed by atoms with van der Waals surface area (Å²) in [6.45, 7) is 1.90. The number of rotatable bonds is 5. The maximum Gasteiger partial charge on any atom is 0.351 e. The first-order valence-electron chi connectivity index (χ1n) is 8.63. The average Bonchev–Trinajstić information content (AvgIpc) is 3.34. The molecule has 0 bridgehead atoms. The van der Waals surface area contributed by atoms with E-state index in [2.05, 4.69) is 9.97 Å². The Labute approximate surface area is 170 Å². The monoisotopic (exact) mass is 412 g/mol. The number of halogens is 1. The molecule has 0 fully saturated rings. The van der Waals surface area contributed by atoms with Crippen LogP contribution in [0.15, 0.2) is 54.9 Å². The molecule has 5 nitrogen and oxygen atoms in total.